The molecule has 1 saturated carbocycles. The zero-order valence-electron chi connectivity index (χ0n) is 7.29. The van der Waals surface area contributed by atoms with Crippen molar-refractivity contribution in [3.63, 3.8) is 0 Å². The van der Waals surface area contributed by atoms with Gasteiger partial charge < -0.3 is 0 Å². The minimum Gasteiger partial charge on any atom is -0.297 e. The van der Waals surface area contributed by atoms with Crippen molar-refractivity contribution in [2.45, 2.75) is 44.7 Å². The minimum absolute atomic E-state index is 0.935. The summed E-state index contributed by atoms with van der Waals surface area (Å²) in [4.78, 5) is 2.78. The summed E-state index contributed by atoms with van der Waals surface area (Å²) in [5, 5.41) is 0. The first-order valence-electron chi connectivity index (χ1n) is 5.13. The van der Waals surface area contributed by atoms with Crippen LogP contribution in [0.5, 0.6) is 0 Å². The van der Waals surface area contributed by atoms with Crippen LogP contribution < -0.4 is 0 Å². The number of hydrogen-bond acceptors (Lipinski definition) is 1. The van der Waals surface area contributed by atoms with Gasteiger partial charge in [-0.3, -0.25) is 4.90 Å². The van der Waals surface area contributed by atoms with Crippen molar-refractivity contribution in [1.29, 1.82) is 0 Å². The summed E-state index contributed by atoms with van der Waals surface area (Å²) in [5.74, 6) is 2.20. The van der Waals surface area contributed by atoms with Gasteiger partial charge in [-0.15, -0.1) is 0 Å². The SMILES string of the molecule is CC1C2CCN1C1CCCC21. The van der Waals surface area contributed by atoms with E-state index in [9.17, 15) is 0 Å². The van der Waals surface area contributed by atoms with Crippen molar-refractivity contribution in [3.8, 4) is 0 Å². The molecule has 2 heterocycles. The number of rotatable bonds is 0. The number of hydrogen-bond donors (Lipinski definition) is 0. The summed E-state index contributed by atoms with van der Waals surface area (Å²) >= 11 is 0. The fourth-order valence-corrected chi connectivity index (χ4v) is 3.91. The zero-order valence-corrected chi connectivity index (χ0v) is 7.29. The maximum absolute atomic E-state index is 2.78. The van der Waals surface area contributed by atoms with Gasteiger partial charge in [0.25, 0.3) is 0 Å². The molecule has 0 radical (unpaired) electrons. The number of fused-ring (bicyclic) bond motifs is 5. The molecule has 62 valence electrons. The fourth-order valence-electron chi connectivity index (χ4n) is 3.91. The summed E-state index contributed by atoms with van der Waals surface area (Å²) in [6, 6.07) is 1.95. The molecule has 0 N–H and O–H groups in total. The van der Waals surface area contributed by atoms with Gasteiger partial charge in [0.2, 0.25) is 0 Å². The standard InChI is InChI=1S/C10H17N/c1-7-8-5-6-11(7)10-4-2-3-9(8)10/h7-10H,2-6H2,1H3. The minimum atomic E-state index is 0.935. The summed E-state index contributed by atoms with van der Waals surface area (Å²) in [6.07, 6.45) is 6.05. The Kier molecular flexibility index (Phi) is 1.18. The highest BCUT2D eigenvalue weighted by Crippen LogP contribution is 2.50. The fraction of sp³-hybridized carbons (Fsp3) is 1.00. The lowest BCUT2D eigenvalue weighted by atomic mass is 9.86. The van der Waals surface area contributed by atoms with Gasteiger partial charge in [-0.2, -0.15) is 0 Å². The lowest BCUT2D eigenvalue weighted by Crippen LogP contribution is -2.33. The van der Waals surface area contributed by atoms with Crippen molar-refractivity contribution in [1.82, 2.24) is 4.90 Å². The van der Waals surface area contributed by atoms with Crippen molar-refractivity contribution in [2.24, 2.45) is 11.8 Å². The molecule has 1 nitrogen and oxygen atoms in total. The number of piperidine rings is 1. The van der Waals surface area contributed by atoms with Gasteiger partial charge in [-0.25, -0.2) is 0 Å². The van der Waals surface area contributed by atoms with Crippen molar-refractivity contribution in [3.05, 3.63) is 0 Å². The van der Waals surface area contributed by atoms with Crippen LogP contribution in [0.4, 0.5) is 0 Å². The molecule has 11 heavy (non-hydrogen) atoms. The second-order valence-corrected chi connectivity index (χ2v) is 4.59. The summed E-state index contributed by atoms with van der Waals surface area (Å²) in [5.41, 5.74) is 0. The molecule has 5 atom stereocenters. The van der Waals surface area contributed by atoms with Crippen LogP contribution in [0.1, 0.15) is 32.6 Å². The monoisotopic (exact) mass is 151 g/mol. The van der Waals surface area contributed by atoms with Gasteiger partial charge in [-0.05, 0) is 44.6 Å². The predicted octanol–water partition coefficient (Wildman–Crippen LogP) is 1.88. The van der Waals surface area contributed by atoms with E-state index in [1.807, 2.05) is 0 Å². The normalized spacial score (nSPS) is 60.3. The molecular weight excluding hydrogens is 134 g/mol. The lowest BCUT2D eigenvalue weighted by Gasteiger charge is -2.26. The Balaban J connectivity index is 1.94. The quantitative estimate of drug-likeness (QED) is 0.511. The summed E-state index contributed by atoms with van der Waals surface area (Å²) in [6.45, 7) is 3.85. The molecule has 0 aromatic carbocycles. The molecule has 0 aromatic rings. The third-order valence-corrected chi connectivity index (χ3v) is 4.37. The van der Waals surface area contributed by atoms with Crippen LogP contribution in [0.3, 0.4) is 0 Å². The Morgan fingerprint density at radius 2 is 2.00 bits per heavy atom. The largest absolute Gasteiger partial charge is 0.297 e. The van der Waals surface area contributed by atoms with E-state index < -0.39 is 0 Å². The average Bonchev–Trinajstić information content (AvgIpc) is 2.61. The van der Waals surface area contributed by atoms with Gasteiger partial charge >= 0.3 is 0 Å². The highest BCUT2D eigenvalue weighted by atomic mass is 15.3. The van der Waals surface area contributed by atoms with Gasteiger partial charge in [0, 0.05) is 12.1 Å². The lowest BCUT2D eigenvalue weighted by molar-refractivity contribution is 0.208. The molecule has 1 aliphatic carbocycles. The smallest absolute Gasteiger partial charge is 0.0130 e. The second kappa shape index (κ2) is 2.01. The topological polar surface area (TPSA) is 3.24 Å². The van der Waals surface area contributed by atoms with E-state index in [0.717, 1.165) is 23.9 Å². The van der Waals surface area contributed by atoms with Crippen LogP contribution in [0, 0.1) is 11.8 Å². The highest BCUT2D eigenvalue weighted by Gasteiger charge is 2.51. The summed E-state index contributed by atoms with van der Waals surface area (Å²) in [7, 11) is 0. The van der Waals surface area contributed by atoms with Gasteiger partial charge in [0.1, 0.15) is 0 Å². The Morgan fingerprint density at radius 3 is 2.82 bits per heavy atom. The first-order chi connectivity index (χ1) is 5.38. The molecule has 0 aromatic heterocycles. The van der Waals surface area contributed by atoms with E-state index in [2.05, 4.69) is 11.8 Å². The molecule has 3 rings (SSSR count). The number of nitrogens with zero attached hydrogens (tertiary/aromatic N) is 1. The molecule has 2 saturated heterocycles. The third kappa shape index (κ3) is 0.658. The molecule has 3 aliphatic rings. The first-order valence-corrected chi connectivity index (χ1v) is 5.13. The molecule has 1 heteroatoms. The van der Waals surface area contributed by atoms with Gasteiger partial charge in [0.05, 0.1) is 0 Å². The van der Waals surface area contributed by atoms with E-state index in [1.54, 1.807) is 0 Å². The van der Waals surface area contributed by atoms with E-state index in [1.165, 1.54) is 32.2 Å². The van der Waals surface area contributed by atoms with Gasteiger partial charge in [0.15, 0.2) is 0 Å². The Hall–Kier alpha value is -0.0400. The first kappa shape index (κ1) is 6.47. The molecular formula is C10H17N. The summed E-state index contributed by atoms with van der Waals surface area (Å²) < 4.78 is 0. The second-order valence-electron chi connectivity index (χ2n) is 4.59. The maximum atomic E-state index is 2.78. The van der Waals surface area contributed by atoms with E-state index in [4.69, 9.17) is 0 Å². The zero-order chi connectivity index (χ0) is 7.42. The van der Waals surface area contributed by atoms with E-state index in [-0.39, 0.29) is 0 Å². The van der Waals surface area contributed by atoms with E-state index >= 15 is 0 Å². The van der Waals surface area contributed by atoms with Crippen LogP contribution >= 0.6 is 0 Å². The Morgan fingerprint density at radius 1 is 1.09 bits per heavy atom. The van der Waals surface area contributed by atoms with Crippen LogP contribution in [0.2, 0.25) is 0 Å². The third-order valence-electron chi connectivity index (χ3n) is 4.37. The average molecular weight is 151 g/mol. The van der Waals surface area contributed by atoms with E-state index in [0.29, 0.717) is 0 Å². The van der Waals surface area contributed by atoms with Crippen LogP contribution in [-0.2, 0) is 0 Å². The van der Waals surface area contributed by atoms with Crippen molar-refractivity contribution < 1.29 is 0 Å². The molecule has 0 amide bonds. The Labute approximate surface area is 68.8 Å². The van der Waals surface area contributed by atoms with Crippen LogP contribution in [0.15, 0.2) is 0 Å². The van der Waals surface area contributed by atoms with Gasteiger partial charge in [-0.1, -0.05) is 6.42 Å². The Bertz CT molecular complexity index is 150. The predicted molar refractivity (Wildman–Crippen MR) is 45.4 cm³/mol. The van der Waals surface area contributed by atoms with Crippen molar-refractivity contribution >= 4 is 0 Å². The molecule has 5 unspecified atom stereocenters. The molecule has 0 spiro atoms. The molecule has 2 aliphatic heterocycles. The highest BCUT2D eigenvalue weighted by molar-refractivity contribution is 5.05. The molecule has 2 bridgehead atoms. The van der Waals surface area contributed by atoms with Crippen LogP contribution in [-0.4, -0.2) is 23.5 Å². The van der Waals surface area contributed by atoms with Crippen molar-refractivity contribution in [2.75, 3.05) is 6.54 Å². The maximum Gasteiger partial charge on any atom is 0.0130 e. The molecule has 3 fully saturated rings. The van der Waals surface area contributed by atoms with Crippen LogP contribution in [0.25, 0.3) is 0 Å².